The molecule has 0 aliphatic rings. The summed E-state index contributed by atoms with van der Waals surface area (Å²) in [5, 5.41) is 18.0. The van der Waals surface area contributed by atoms with E-state index in [1.165, 1.54) is 0 Å². The number of anilines is 2. The van der Waals surface area contributed by atoms with Gasteiger partial charge in [0.1, 0.15) is 0 Å². The summed E-state index contributed by atoms with van der Waals surface area (Å²) in [5.74, 6) is -0.123. The number of fused-ring (bicyclic) bond motifs is 1. The molecule has 9 nitrogen and oxygen atoms in total. The third-order valence-corrected chi connectivity index (χ3v) is 4.14. The normalized spacial score (nSPS) is 10.6. The van der Waals surface area contributed by atoms with Gasteiger partial charge in [-0.25, -0.2) is 9.31 Å². The zero-order valence-corrected chi connectivity index (χ0v) is 15.1. The van der Waals surface area contributed by atoms with Crippen molar-refractivity contribution >= 4 is 29.3 Å². The number of carboxylic acid groups (broad SMARTS) is 1. The summed E-state index contributed by atoms with van der Waals surface area (Å²) < 4.78 is 1.56. The van der Waals surface area contributed by atoms with Crippen LogP contribution in [0, 0.1) is 0 Å². The van der Waals surface area contributed by atoms with E-state index < -0.39 is 6.09 Å². The van der Waals surface area contributed by atoms with E-state index in [0.717, 1.165) is 16.8 Å². The maximum absolute atomic E-state index is 12.2. The van der Waals surface area contributed by atoms with Crippen LogP contribution in [-0.4, -0.2) is 36.7 Å². The monoisotopic (exact) mass is 388 g/mol. The van der Waals surface area contributed by atoms with Crippen molar-refractivity contribution in [3.05, 3.63) is 72.6 Å². The van der Waals surface area contributed by atoms with E-state index in [4.69, 9.17) is 5.11 Å². The number of carbonyl (C=O) groups is 2. The lowest BCUT2D eigenvalue weighted by Gasteiger charge is -2.07. The van der Waals surface area contributed by atoms with Gasteiger partial charge in [0, 0.05) is 11.8 Å². The van der Waals surface area contributed by atoms with E-state index in [2.05, 4.69) is 25.7 Å². The highest BCUT2D eigenvalue weighted by Gasteiger charge is 2.11. The van der Waals surface area contributed by atoms with Crippen LogP contribution in [0.4, 0.5) is 16.4 Å². The van der Waals surface area contributed by atoms with Gasteiger partial charge in [0.15, 0.2) is 5.65 Å². The third-order valence-electron chi connectivity index (χ3n) is 4.14. The van der Waals surface area contributed by atoms with Crippen LogP contribution in [0.25, 0.3) is 16.9 Å². The number of aromatic nitrogens is 4. The van der Waals surface area contributed by atoms with Gasteiger partial charge >= 0.3 is 6.09 Å². The summed E-state index contributed by atoms with van der Waals surface area (Å²) in [4.78, 5) is 31.1. The molecule has 29 heavy (non-hydrogen) atoms. The smallest absolute Gasteiger partial charge is 0.411 e. The molecule has 0 fully saturated rings. The minimum atomic E-state index is -1.23. The maximum atomic E-state index is 12.2. The maximum Gasteiger partial charge on any atom is 0.411 e. The van der Waals surface area contributed by atoms with Crippen LogP contribution in [0.1, 0.15) is 5.56 Å². The summed E-state index contributed by atoms with van der Waals surface area (Å²) >= 11 is 0. The number of hydrogen-bond acceptors (Lipinski definition) is 5. The van der Waals surface area contributed by atoms with Crippen molar-refractivity contribution in [3.8, 4) is 11.3 Å². The van der Waals surface area contributed by atoms with E-state index in [9.17, 15) is 9.59 Å². The van der Waals surface area contributed by atoms with Crippen LogP contribution >= 0.6 is 0 Å². The second-order valence-electron chi connectivity index (χ2n) is 6.21. The van der Waals surface area contributed by atoms with Gasteiger partial charge in [0.2, 0.25) is 5.91 Å². The molecule has 0 atom stereocenters. The van der Waals surface area contributed by atoms with E-state index >= 15 is 0 Å². The average Bonchev–Trinajstić information content (AvgIpc) is 3.11. The highest BCUT2D eigenvalue weighted by atomic mass is 16.4. The largest absolute Gasteiger partial charge is 0.465 e. The van der Waals surface area contributed by atoms with Crippen LogP contribution in [0.15, 0.2) is 67.0 Å². The molecule has 0 saturated carbocycles. The molecular weight excluding hydrogens is 372 g/mol. The molecule has 0 radical (unpaired) electrons. The number of carbonyl (C=O) groups excluding carboxylic acids is 1. The third kappa shape index (κ3) is 4.19. The zero-order valence-electron chi connectivity index (χ0n) is 15.1. The summed E-state index contributed by atoms with van der Waals surface area (Å²) in [5.41, 5.74) is 3.64. The predicted molar refractivity (Wildman–Crippen MR) is 107 cm³/mol. The van der Waals surface area contributed by atoms with Crippen LogP contribution in [0.2, 0.25) is 0 Å². The first kappa shape index (κ1) is 18.1. The van der Waals surface area contributed by atoms with Crippen LogP contribution < -0.4 is 10.6 Å². The molecule has 3 aromatic heterocycles. The Kier molecular flexibility index (Phi) is 4.85. The minimum absolute atomic E-state index is 0.00800. The lowest BCUT2D eigenvalue weighted by Crippen LogP contribution is -2.14. The van der Waals surface area contributed by atoms with Gasteiger partial charge in [0.05, 0.1) is 24.0 Å². The first-order chi connectivity index (χ1) is 14.1. The molecule has 3 heterocycles. The zero-order chi connectivity index (χ0) is 20.2. The van der Waals surface area contributed by atoms with Gasteiger partial charge in [0.25, 0.3) is 5.95 Å². The van der Waals surface area contributed by atoms with Gasteiger partial charge in [-0.3, -0.25) is 15.1 Å². The fraction of sp³-hybridized carbons (Fsp3) is 0.0500. The standard InChI is InChI=1S/C20H16N6O3/c27-18(22-15-3-2-10-21-12-15)11-13-6-8-14(9-7-13)16-4-1-5-17-23-19(24-20(28)29)25-26(16)17/h1-10,12H,11H2,(H,22,27)(H,24,25)(H,28,29). The second-order valence-corrected chi connectivity index (χ2v) is 6.21. The molecule has 0 unspecified atom stereocenters. The lowest BCUT2D eigenvalue weighted by molar-refractivity contribution is -0.115. The molecule has 0 aliphatic heterocycles. The Morgan fingerprint density at radius 1 is 1.00 bits per heavy atom. The van der Waals surface area contributed by atoms with Crippen molar-refractivity contribution < 1.29 is 14.7 Å². The van der Waals surface area contributed by atoms with Crippen LogP contribution in [0.5, 0.6) is 0 Å². The molecule has 2 amide bonds. The van der Waals surface area contributed by atoms with Crippen LogP contribution in [0.3, 0.4) is 0 Å². The number of benzene rings is 1. The molecule has 9 heteroatoms. The predicted octanol–water partition coefficient (Wildman–Crippen LogP) is 3.06. The molecule has 4 aromatic rings. The van der Waals surface area contributed by atoms with Crippen molar-refractivity contribution in [3.63, 3.8) is 0 Å². The molecular formula is C20H16N6O3. The highest BCUT2D eigenvalue weighted by Crippen LogP contribution is 2.22. The Balaban J connectivity index is 1.52. The first-order valence-electron chi connectivity index (χ1n) is 8.73. The van der Waals surface area contributed by atoms with Crippen LogP contribution in [-0.2, 0) is 11.2 Å². The Hall–Kier alpha value is -4.27. The molecule has 144 valence electrons. The highest BCUT2D eigenvalue weighted by molar-refractivity contribution is 5.92. The van der Waals surface area contributed by atoms with Crippen molar-refractivity contribution in [1.29, 1.82) is 0 Å². The lowest BCUT2D eigenvalue weighted by atomic mass is 10.1. The summed E-state index contributed by atoms with van der Waals surface area (Å²) in [6.45, 7) is 0. The van der Waals surface area contributed by atoms with E-state index in [0.29, 0.717) is 11.3 Å². The SMILES string of the molecule is O=C(O)Nc1nc2cccc(-c3ccc(CC(=O)Nc4cccnc4)cc3)n2n1. The number of amides is 2. The minimum Gasteiger partial charge on any atom is -0.465 e. The number of hydrogen-bond donors (Lipinski definition) is 3. The van der Waals surface area contributed by atoms with Crippen molar-refractivity contribution in [2.45, 2.75) is 6.42 Å². The molecule has 4 rings (SSSR count). The number of nitrogens with one attached hydrogen (secondary N) is 2. The molecule has 0 saturated heterocycles. The number of nitrogens with zero attached hydrogens (tertiary/aromatic N) is 4. The van der Waals surface area contributed by atoms with Gasteiger partial charge in [-0.2, -0.15) is 4.98 Å². The summed E-state index contributed by atoms with van der Waals surface area (Å²) in [7, 11) is 0. The fourth-order valence-corrected chi connectivity index (χ4v) is 2.89. The molecule has 3 N–H and O–H groups in total. The van der Waals surface area contributed by atoms with Gasteiger partial charge in [-0.1, -0.05) is 30.3 Å². The average molecular weight is 388 g/mol. The molecule has 0 spiro atoms. The van der Waals surface area contributed by atoms with E-state index in [1.807, 2.05) is 36.4 Å². The number of pyridine rings is 2. The Bertz CT molecular complexity index is 1170. The fourth-order valence-electron chi connectivity index (χ4n) is 2.89. The topological polar surface area (TPSA) is 122 Å². The second kappa shape index (κ2) is 7.77. The van der Waals surface area contributed by atoms with E-state index in [1.54, 1.807) is 35.1 Å². The summed E-state index contributed by atoms with van der Waals surface area (Å²) in [6, 6.07) is 16.4. The summed E-state index contributed by atoms with van der Waals surface area (Å²) in [6.07, 6.45) is 2.24. The Morgan fingerprint density at radius 2 is 1.83 bits per heavy atom. The van der Waals surface area contributed by atoms with Crippen molar-refractivity contribution in [2.24, 2.45) is 0 Å². The van der Waals surface area contributed by atoms with Gasteiger partial charge in [-0.15, -0.1) is 5.10 Å². The van der Waals surface area contributed by atoms with Gasteiger partial charge in [-0.05, 0) is 29.8 Å². The van der Waals surface area contributed by atoms with Crippen molar-refractivity contribution in [1.82, 2.24) is 19.6 Å². The van der Waals surface area contributed by atoms with Gasteiger partial charge < -0.3 is 10.4 Å². The number of rotatable bonds is 5. The first-order valence-corrected chi connectivity index (χ1v) is 8.73. The molecule has 0 aliphatic carbocycles. The molecule has 0 bridgehead atoms. The quantitative estimate of drug-likeness (QED) is 0.483. The Morgan fingerprint density at radius 3 is 2.55 bits per heavy atom. The van der Waals surface area contributed by atoms with Crippen molar-refractivity contribution in [2.75, 3.05) is 10.6 Å². The molecule has 1 aromatic carbocycles. The Labute approximate surface area is 165 Å². The van der Waals surface area contributed by atoms with E-state index in [-0.39, 0.29) is 18.3 Å².